The number of nitrogens with zero attached hydrogens (tertiary/aromatic N) is 1. The van der Waals surface area contributed by atoms with Crippen LogP contribution in [0.3, 0.4) is 0 Å². The van der Waals surface area contributed by atoms with Gasteiger partial charge in [0.05, 0.1) is 30.0 Å². The molecule has 5 heteroatoms. The number of hydrogen-bond donors (Lipinski definition) is 1. The Balaban J connectivity index is 1.57. The van der Waals surface area contributed by atoms with Gasteiger partial charge in [-0.3, -0.25) is 4.79 Å². The minimum absolute atomic E-state index is 0.0357. The van der Waals surface area contributed by atoms with Crippen molar-refractivity contribution in [2.24, 2.45) is 0 Å². The van der Waals surface area contributed by atoms with Crippen LogP contribution in [0.15, 0.2) is 35.7 Å². The first-order valence-electron chi connectivity index (χ1n) is 7.61. The summed E-state index contributed by atoms with van der Waals surface area (Å²) in [7, 11) is 0. The minimum Gasteiger partial charge on any atom is -0.371 e. The molecule has 1 aromatic carbocycles. The molecule has 4 nitrogen and oxygen atoms in total. The molecule has 3 rings (SSSR count). The summed E-state index contributed by atoms with van der Waals surface area (Å²) < 4.78 is 10.2. The molecule has 1 aromatic heterocycles. The molecule has 1 heterocycles. The van der Waals surface area contributed by atoms with Crippen molar-refractivity contribution in [3.05, 3.63) is 52.5 Å². The van der Waals surface area contributed by atoms with Crippen molar-refractivity contribution in [2.45, 2.75) is 44.9 Å². The lowest BCUT2D eigenvalue weighted by Crippen LogP contribution is -2.41. The van der Waals surface area contributed by atoms with Crippen LogP contribution in [-0.2, 0) is 11.3 Å². The predicted octanol–water partition coefficient (Wildman–Crippen LogP) is 3.32. The maximum atomic E-state index is 12.3. The highest BCUT2D eigenvalue weighted by molar-refractivity contribution is 7.03. The fraction of sp³-hybridized carbons (Fsp3) is 0.412. The van der Waals surface area contributed by atoms with E-state index in [1.165, 1.54) is 11.5 Å². The Bertz CT molecular complexity index is 627. The molecule has 0 unspecified atom stereocenters. The Morgan fingerprint density at radius 3 is 2.91 bits per heavy atom. The molecule has 116 valence electrons. The van der Waals surface area contributed by atoms with Crippen LogP contribution in [0.4, 0.5) is 0 Å². The van der Waals surface area contributed by atoms with E-state index in [1.807, 2.05) is 25.1 Å². The SMILES string of the molecule is Cc1nscc1C(=O)N[C@@H]1CCC[C@H]1OCc1ccccc1. The summed E-state index contributed by atoms with van der Waals surface area (Å²) in [6.45, 7) is 2.46. The van der Waals surface area contributed by atoms with Gasteiger partial charge in [-0.1, -0.05) is 30.3 Å². The number of carbonyl (C=O) groups is 1. The minimum atomic E-state index is -0.0357. The number of hydrogen-bond acceptors (Lipinski definition) is 4. The van der Waals surface area contributed by atoms with Gasteiger partial charge in [-0.05, 0) is 43.3 Å². The number of aromatic nitrogens is 1. The van der Waals surface area contributed by atoms with E-state index < -0.39 is 0 Å². The van der Waals surface area contributed by atoms with Gasteiger partial charge in [-0.25, -0.2) is 0 Å². The van der Waals surface area contributed by atoms with Crippen molar-refractivity contribution < 1.29 is 9.53 Å². The molecule has 0 radical (unpaired) electrons. The van der Waals surface area contributed by atoms with Crippen LogP contribution < -0.4 is 5.32 Å². The highest BCUT2D eigenvalue weighted by Crippen LogP contribution is 2.24. The second-order valence-corrected chi connectivity index (χ2v) is 6.29. The molecule has 0 aliphatic heterocycles. The van der Waals surface area contributed by atoms with Gasteiger partial charge in [0.15, 0.2) is 0 Å². The highest BCUT2D eigenvalue weighted by atomic mass is 32.1. The molecule has 1 amide bonds. The van der Waals surface area contributed by atoms with E-state index in [2.05, 4.69) is 21.8 Å². The first-order chi connectivity index (χ1) is 10.7. The van der Waals surface area contributed by atoms with Crippen LogP contribution in [0.25, 0.3) is 0 Å². The Morgan fingerprint density at radius 1 is 1.36 bits per heavy atom. The van der Waals surface area contributed by atoms with Gasteiger partial charge in [0.2, 0.25) is 0 Å². The van der Waals surface area contributed by atoms with Gasteiger partial charge in [0.1, 0.15) is 0 Å². The summed E-state index contributed by atoms with van der Waals surface area (Å²) in [6, 6.07) is 10.2. The quantitative estimate of drug-likeness (QED) is 0.920. The van der Waals surface area contributed by atoms with Gasteiger partial charge in [-0.15, -0.1) is 0 Å². The Labute approximate surface area is 134 Å². The first kappa shape index (κ1) is 15.2. The second-order valence-electron chi connectivity index (χ2n) is 5.66. The lowest BCUT2D eigenvalue weighted by Gasteiger charge is -2.21. The summed E-state index contributed by atoms with van der Waals surface area (Å²) >= 11 is 1.32. The molecule has 0 spiro atoms. The van der Waals surface area contributed by atoms with Crippen LogP contribution in [0.1, 0.15) is 40.9 Å². The van der Waals surface area contributed by atoms with E-state index in [-0.39, 0.29) is 18.1 Å². The zero-order valence-electron chi connectivity index (χ0n) is 12.6. The van der Waals surface area contributed by atoms with Gasteiger partial charge in [0, 0.05) is 5.38 Å². The first-order valence-corrected chi connectivity index (χ1v) is 8.45. The van der Waals surface area contributed by atoms with Crippen LogP contribution in [0.5, 0.6) is 0 Å². The summed E-state index contributed by atoms with van der Waals surface area (Å²) in [5.74, 6) is -0.0357. The Morgan fingerprint density at radius 2 is 2.18 bits per heavy atom. The van der Waals surface area contributed by atoms with Crippen molar-refractivity contribution >= 4 is 17.4 Å². The summed E-state index contributed by atoms with van der Waals surface area (Å²) in [5.41, 5.74) is 2.64. The van der Waals surface area contributed by atoms with E-state index in [9.17, 15) is 4.79 Å². The Hall–Kier alpha value is -1.72. The molecule has 0 saturated heterocycles. The molecule has 2 aromatic rings. The maximum absolute atomic E-state index is 12.3. The largest absolute Gasteiger partial charge is 0.371 e. The fourth-order valence-corrected chi connectivity index (χ4v) is 3.52. The van der Waals surface area contributed by atoms with E-state index in [4.69, 9.17) is 4.74 Å². The van der Waals surface area contributed by atoms with Crippen molar-refractivity contribution in [3.63, 3.8) is 0 Å². The molecule has 1 fully saturated rings. The number of aryl methyl sites for hydroxylation is 1. The van der Waals surface area contributed by atoms with Gasteiger partial charge in [0.25, 0.3) is 5.91 Å². The third-order valence-corrected chi connectivity index (χ3v) is 4.79. The lowest BCUT2D eigenvalue weighted by atomic mass is 10.1. The zero-order chi connectivity index (χ0) is 15.4. The fourth-order valence-electron chi connectivity index (χ4n) is 2.82. The molecule has 1 aliphatic rings. The maximum Gasteiger partial charge on any atom is 0.254 e. The van der Waals surface area contributed by atoms with Crippen LogP contribution in [0, 0.1) is 6.92 Å². The number of benzene rings is 1. The molecular formula is C17H20N2O2S. The van der Waals surface area contributed by atoms with Crippen molar-refractivity contribution in [1.82, 2.24) is 9.69 Å². The van der Waals surface area contributed by atoms with Gasteiger partial charge >= 0.3 is 0 Å². The zero-order valence-corrected chi connectivity index (χ0v) is 13.4. The second kappa shape index (κ2) is 7.03. The Kier molecular flexibility index (Phi) is 4.85. The lowest BCUT2D eigenvalue weighted by molar-refractivity contribution is 0.0272. The molecular weight excluding hydrogens is 296 g/mol. The molecule has 1 saturated carbocycles. The third-order valence-electron chi connectivity index (χ3n) is 4.07. The van der Waals surface area contributed by atoms with E-state index >= 15 is 0 Å². The van der Waals surface area contributed by atoms with Crippen molar-refractivity contribution in [2.75, 3.05) is 0 Å². The molecule has 1 aliphatic carbocycles. The van der Waals surface area contributed by atoms with Crippen molar-refractivity contribution in [3.8, 4) is 0 Å². The summed E-state index contributed by atoms with van der Waals surface area (Å²) in [6.07, 6.45) is 3.15. The summed E-state index contributed by atoms with van der Waals surface area (Å²) in [5, 5.41) is 4.92. The number of ether oxygens (including phenoxy) is 1. The van der Waals surface area contributed by atoms with Crippen LogP contribution in [-0.4, -0.2) is 22.4 Å². The number of amides is 1. The van der Waals surface area contributed by atoms with E-state index in [0.717, 1.165) is 30.5 Å². The number of carbonyl (C=O) groups excluding carboxylic acids is 1. The number of nitrogens with one attached hydrogen (secondary N) is 1. The molecule has 0 bridgehead atoms. The molecule has 1 N–H and O–H groups in total. The summed E-state index contributed by atoms with van der Waals surface area (Å²) in [4.78, 5) is 12.3. The van der Waals surface area contributed by atoms with Crippen LogP contribution in [0.2, 0.25) is 0 Å². The average molecular weight is 316 g/mol. The van der Waals surface area contributed by atoms with Crippen LogP contribution >= 0.6 is 11.5 Å². The standard InChI is InChI=1S/C17H20N2O2S/c1-12-14(11-22-19-12)17(20)18-15-8-5-9-16(15)21-10-13-6-3-2-4-7-13/h2-4,6-7,11,15-16H,5,8-10H2,1H3,(H,18,20)/t15-,16-/m1/s1. The predicted molar refractivity (Wildman–Crippen MR) is 87.0 cm³/mol. The van der Waals surface area contributed by atoms with Crippen molar-refractivity contribution in [1.29, 1.82) is 0 Å². The smallest absolute Gasteiger partial charge is 0.254 e. The van der Waals surface area contributed by atoms with Gasteiger partial charge in [-0.2, -0.15) is 4.37 Å². The third kappa shape index (κ3) is 3.54. The van der Waals surface area contributed by atoms with E-state index in [0.29, 0.717) is 12.2 Å². The average Bonchev–Trinajstić information content (AvgIpc) is 3.15. The molecule has 22 heavy (non-hydrogen) atoms. The normalized spacial score (nSPS) is 21.0. The monoisotopic (exact) mass is 316 g/mol. The number of rotatable bonds is 5. The van der Waals surface area contributed by atoms with Gasteiger partial charge < -0.3 is 10.1 Å². The molecule has 2 atom stereocenters. The van der Waals surface area contributed by atoms with E-state index in [1.54, 1.807) is 5.38 Å². The highest BCUT2D eigenvalue weighted by Gasteiger charge is 2.30. The topological polar surface area (TPSA) is 51.2 Å².